The van der Waals surface area contributed by atoms with Gasteiger partial charge in [0, 0.05) is 15.5 Å². The lowest BCUT2D eigenvalue weighted by Gasteiger charge is -2.37. The third kappa shape index (κ3) is 3.81. The molecule has 3 heterocycles. The molecule has 7 nitrogen and oxygen atoms in total. The number of nitrogens with zero attached hydrogens (tertiary/aromatic N) is 1. The molecule has 2 unspecified atom stereocenters. The molecule has 0 aliphatic carbocycles. The Hall–Kier alpha value is -2.55. The number of hydrogen-bond donors (Lipinski definition) is 2. The predicted molar refractivity (Wildman–Crippen MR) is 139 cm³/mol. The number of anilines is 1. The molecule has 2 N–H and O–H groups in total. The predicted octanol–water partition coefficient (Wildman–Crippen LogP) is 4.06. The van der Waals surface area contributed by atoms with Crippen LogP contribution in [-0.4, -0.2) is 56.5 Å². The fraction of sp³-hybridized carbons (Fsp3) is 0.444. The van der Waals surface area contributed by atoms with E-state index < -0.39 is 39.4 Å². The molecule has 3 fully saturated rings. The van der Waals surface area contributed by atoms with Crippen LogP contribution in [0.25, 0.3) is 0 Å². The van der Waals surface area contributed by atoms with Gasteiger partial charge < -0.3 is 20.1 Å². The van der Waals surface area contributed by atoms with Crippen molar-refractivity contribution in [3.63, 3.8) is 0 Å². The minimum absolute atomic E-state index is 0.220. The van der Waals surface area contributed by atoms with Crippen molar-refractivity contribution < 1.29 is 24.2 Å². The van der Waals surface area contributed by atoms with Crippen LogP contribution in [0.4, 0.5) is 5.69 Å². The molecule has 6 atom stereocenters. The molecule has 9 heteroatoms. The molecule has 0 saturated carbocycles. The summed E-state index contributed by atoms with van der Waals surface area (Å²) in [7, 11) is 0. The van der Waals surface area contributed by atoms with Crippen LogP contribution in [-0.2, 0) is 19.1 Å². The van der Waals surface area contributed by atoms with Crippen LogP contribution in [0.1, 0.15) is 38.3 Å². The number of hydrogen-bond acceptors (Lipinski definition) is 6. The van der Waals surface area contributed by atoms with Crippen LogP contribution in [0.3, 0.4) is 0 Å². The number of carbonyl (C=O) groups excluding carboxylic acids is 3. The molecule has 190 valence electrons. The Kier molecular flexibility index (Phi) is 6.55. The van der Waals surface area contributed by atoms with E-state index in [1.165, 1.54) is 4.90 Å². The molecule has 2 amide bonds. The maximum Gasteiger partial charge on any atom is 0.311 e. The first-order valence-electron chi connectivity index (χ1n) is 12.2. The minimum atomic E-state index is -0.880. The van der Waals surface area contributed by atoms with E-state index >= 15 is 0 Å². The number of esters is 1. The molecule has 0 radical (unpaired) electrons. The van der Waals surface area contributed by atoms with Gasteiger partial charge in [-0.2, -0.15) is 0 Å². The van der Waals surface area contributed by atoms with Crippen molar-refractivity contribution in [2.75, 3.05) is 18.5 Å². The van der Waals surface area contributed by atoms with E-state index in [0.717, 1.165) is 5.56 Å². The van der Waals surface area contributed by atoms with Crippen molar-refractivity contribution in [1.82, 2.24) is 4.90 Å². The summed E-state index contributed by atoms with van der Waals surface area (Å²) in [6.45, 7) is 3.62. The Morgan fingerprint density at radius 1 is 1.19 bits per heavy atom. The monoisotopic (exact) mass is 528 g/mol. The zero-order valence-electron chi connectivity index (χ0n) is 20.1. The number of rotatable bonds is 7. The second kappa shape index (κ2) is 9.39. The number of nitrogens with one attached hydrogen (secondary N) is 1. The largest absolute Gasteiger partial charge is 0.466 e. The van der Waals surface area contributed by atoms with Gasteiger partial charge in [0.05, 0.1) is 35.8 Å². The van der Waals surface area contributed by atoms with Crippen molar-refractivity contribution in [1.29, 1.82) is 0 Å². The van der Waals surface area contributed by atoms with E-state index in [1.807, 2.05) is 37.3 Å². The van der Waals surface area contributed by atoms with Gasteiger partial charge in [0.2, 0.25) is 11.8 Å². The molecule has 3 aliphatic heterocycles. The van der Waals surface area contributed by atoms with Crippen LogP contribution in [0.2, 0.25) is 5.02 Å². The van der Waals surface area contributed by atoms with Gasteiger partial charge in [0.1, 0.15) is 6.04 Å². The SMILES string of the molecule is CCOC(=O)[C@@H]1[C@H]2C(=O)N([C@H](CO)c3ccccc3)C(C(=O)Nc3ccc(Cl)cc3)C23CC[C@@]1(C)S3. The Morgan fingerprint density at radius 3 is 2.53 bits per heavy atom. The first kappa shape index (κ1) is 25.1. The molecular weight excluding hydrogens is 500 g/mol. The van der Waals surface area contributed by atoms with Gasteiger partial charge in [0.25, 0.3) is 0 Å². The van der Waals surface area contributed by atoms with Gasteiger partial charge in [-0.3, -0.25) is 14.4 Å². The number of carbonyl (C=O) groups is 3. The Labute approximate surface area is 219 Å². The second-order valence-corrected chi connectivity index (χ2v) is 12.2. The van der Waals surface area contributed by atoms with E-state index in [-0.39, 0.29) is 25.0 Å². The van der Waals surface area contributed by atoms with Crippen molar-refractivity contribution in [3.8, 4) is 0 Å². The van der Waals surface area contributed by atoms with Gasteiger partial charge in [0.15, 0.2) is 0 Å². The number of likely N-dealkylation sites (tertiary alicyclic amines) is 1. The minimum Gasteiger partial charge on any atom is -0.466 e. The van der Waals surface area contributed by atoms with Crippen LogP contribution < -0.4 is 5.32 Å². The Balaban J connectivity index is 1.60. The van der Waals surface area contributed by atoms with Gasteiger partial charge in [-0.25, -0.2) is 0 Å². The van der Waals surface area contributed by atoms with Crippen molar-refractivity contribution in [2.24, 2.45) is 11.8 Å². The van der Waals surface area contributed by atoms with E-state index in [4.69, 9.17) is 16.3 Å². The standard InChI is InChI=1S/C27H29ClN2O5S/c1-3-35-25(34)21-20-24(33)30(19(15-31)16-7-5-4-6-8-16)22(27(20)14-13-26(21,2)36-27)23(32)29-18-11-9-17(28)10-12-18/h4-12,19-22,31H,3,13-15H2,1-2H3,(H,29,32)/t19-,20+,21+,22?,26-,27?/m1/s1. The molecular formula is C27H29ClN2O5S. The van der Waals surface area contributed by atoms with Crippen molar-refractivity contribution >= 4 is 46.8 Å². The summed E-state index contributed by atoms with van der Waals surface area (Å²) >= 11 is 7.58. The van der Waals surface area contributed by atoms with Crippen LogP contribution in [0.15, 0.2) is 54.6 Å². The lowest BCUT2D eigenvalue weighted by molar-refractivity contribution is -0.155. The first-order chi connectivity index (χ1) is 17.3. The molecule has 5 rings (SSSR count). The number of ether oxygens (including phenoxy) is 1. The number of halogens is 1. The summed E-state index contributed by atoms with van der Waals surface area (Å²) in [6.07, 6.45) is 1.31. The van der Waals surface area contributed by atoms with E-state index in [0.29, 0.717) is 23.6 Å². The van der Waals surface area contributed by atoms with Gasteiger partial charge in [-0.15, -0.1) is 11.8 Å². The normalized spacial score (nSPS) is 31.3. The van der Waals surface area contributed by atoms with Crippen molar-refractivity contribution in [3.05, 3.63) is 65.2 Å². The Morgan fingerprint density at radius 2 is 1.89 bits per heavy atom. The molecule has 2 aromatic rings. The molecule has 3 aliphatic rings. The number of aliphatic hydroxyl groups excluding tert-OH is 1. The summed E-state index contributed by atoms with van der Waals surface area (Å²) in [5, 5.41) is 14.0. The van der Waals surface area contributed by atoms with Gasteiger partial charge in [-0.1, -0.05) is 41.9 Å². The van der Waals surface area contributed by atoms with E-state index in [2.05, 4.69) is 5.32 Å². The zero-order chi connectivity index (χ0) is 25.7. The fourth-order valence-electron chi connectivity index (χ4n) is 6.36. The first-order valence-corrected chi connectivity index (χ1v) is 13.4. The topological polar surface area (TPSA) is 95.9 Å². The smallest absolute Gasteiger partial charge is 0.311 e. The number of aliphatic hydroxyl groups is 1. The maximum absolute atomic E-state index is 14.2. The third-order valence-corrected chi connectivity index (χ3v) is 10.0. The van der Waals surface area contributed by atoms with Crippen LogP contribution in [0, 0.1) is 11.8 Å². The summed E-state index contributed by atoms with van der Waals surface area (Å²) < 4.78 is 4.12. The third-order valence-electron chi connectivity index (χ3n) is 7.81. The molecule has 2 bridgehead atoms. The average molecular weight is 529 g/mol. The lowest BCUT2D eigenvalue weighted by atomic mass is 9.66. The highest BCUT2D eigenvalue weighted by atomic mass is 35.5. The molecule has 2 aromatic carbocycles. The molecule has 36 heavy (non-hydrogen) atoms. The zero-order valence-corrected chi connectivity index (χ0v) is 21.7. The second-order valence-electron chi connectivity index (χ2n) is 9.83. The van der Waals surface area contributed by atoms with Gasteiger partial charge in [-0.05, 0) is 56.5 Å². The highest BCUT2D eigenvalue weighted by Crippen LogP contribution is 2.72. The summed E-state index contributed by atoms with van der Waals surface area (Å²) in [6, 6.07) is 14.4. The van der Waals surface area contributed by atoms with Crippen molar-refractivity contribution in [2.45, 2.75) is 48.3 Å². The maximum atomic E-state index is 14.2. The number of fused-ring (bicyclic) bond motifs is 1. The van der Waals surface area contributed by atoms with Crippen LogP contribution in [0.5, 0.6) is 0 Å². The van der Waals surface area contributed by atoms with Gasteiger partial charge >= 0.3 is 5.97 Å². The summed E-state index contributed by atoms with van der Waals surface area (Å²) in [5.41, 5.74) is 1.29. The van der Waals surface area contributed by atoms with E-state index in [9.17, 15) is 19.5 Å². The summed E-state index contributed by atoms with van der Waals surface area (Å²) in [5.74, 6) is -2.40. The highest BCUT2D eigenvalue weighted by molar-refractivity contribution is 8.02. The lowest BCUT2D eigenvalue weighted by Crippen LogP contribution is -2.52. The Bertz CT molecular complexity index is 1180. The molecule has 1 spiro atoms. The number of benzene rings is 2. The fourth-order valence-corrected chi connectivity index (χ4v) is 8.82. The quantitative estimate of drug-likeness (QED) is 0.526. The van der Waals surface area contributed by atoms with E-state index in [1.54, 1.807) is 43.0 Å². The number of amides is 2. The molecule has 0 aromatic heterocycles. The molecule has 3 saturated heterocycles. The number of thioether (sulfide) groups is 1. The van der Waals surface area contributed by atoms with Crippen LogP contribution >= 0.6 is 23.4 Å². The highest BCUT2D eigenvalue weighted by Gasteiger charge is 2.78. The average Bonchev–Trinajstić information content (AvgIpc) is 3.43. The summed E-state index contributed by atoms with van der Waals surface area (Å²) in [4.78, 5) is 42.9.